The fourth-order valence-corrected chi connectivity index (χ4v) is 1.00. The zero-order valence-corrected chi connectivity index (χ0v) is 5.60. The summed E-state index contributed by atoms with van der Waals surface area (Å²) in [4.78, 5) is 0. The van der Waals surface area contributed by atoms with Gasteiger partial charge in [0.2, 0.25) is 0 Å². The predicted octanol–water partition coefficient (Wildman–Crippen LogP) is 1.25. The molecule has 0 aromatic carbocycles. The maximum Gasteiger partial charge on any atom is 0.127 e. The Morgan fingerprint density at radius 2 is 2.44 bits per heavy atom. The van der Waals surface area contributed by atoms with E-state index >= 15 is 0 Å². The largest absolute Gasteiger partial charge is 0.367 e. The van der Waals surface area contributed by atoms with Crippen molar-refractivity contribution in [1.29, 1.82) is 0 Å². The van der Waals surface area contributed by atoms with Crippen LogP contribution in [0.3, 0.4) is 0 Å². The Kier molecular flexibility index (Phi) is 2.58. The Bertz CT molecular complexity index is 86.9. The van der Waals surface area contributed by atoms with Gasteiger partial charge in [-0.1, -0.05) is 6.58 Å². The molecule has 0 aromatic heterocycles. The van der Waals surface area contributed by atoms with Crippen molar-refractivity contribution in [1.82, 2.24) is 5.32 Å². The first kappa shape index (κ1) is 6.62. The molecule has 1 aliphatic heterocycles. The first-order chi connectivity index (χ1) is 4.43. The minimum absolute atomic E-state index is 0.233. The summed E-state index contributed by atoms with van der Waals surface area (Å²) in [5.41, 5.74) is 0. The van der Waals surface area contributed by atoms with E-state index in [-0.39, 0.29) is 6.23 Å². The molecule has 1 atom stereocenters. The molecule has 0 spiro atoms. The number of rotatable bonds is 2. The Balaban J connectivity index is 2.15. The maximum absolute atomic E-state index is 5.34. The molecule has 1 rings (SSSR count). The minimum Gasteiger partial charge on any atom is -0.367 e. The van der Waals surface area contributed by atoms with Crippen molar-refractivity contribution in [2.45, 2.75) is 25.5 Å². The Hall–Kier alpha value is -0.500. The van der Waals surface area contributed by atoms with Gasteiger partial charge in [-0.3, -0.25) is 0 Å². The van der Waals surface area contributed by atoms with Crippen LogP contribution < -0.4 is 5.32 Å². The topological polar surface area (TPSA) is 21.3 Å². The molecule has 1 saturated heterocycles. The molecule has 0 bridgehead atoms. The maximum atomic E-state index is 5.34. The van der Waals surface area contributed by atoms with Crippen LogP contribution in [0, 0.1) is 0 Å². The summed E-state index contributed by atoms with van der Waals surface area (Å²) in [5.74, 6) is 0. The molecule has 1 fully saturated rings. The van der Waals surface area contributed by atoms with Gasteiger partial charge in [0.15, 0.2) is 0 Å². The van der Waals surface area contributed by atoms with Crippen molar-refractivity contribution >= 4 is 0 Å². The van der Waals surface area contributed by atoms with Crippen molar-refractivity contribution in [3.05, 3.63) is 12.8 Å². The van der Waals surface area contributed by atoms with Crippen LogP contribution in [0.1, 0.15) is 19.3 Å². The lowest BCUT2D eigenvalue weighted by atomic mass is 10.2. The highest BCUT2D eigenvalue weighted by molar-refractivity contribution is 4.69. The van der Waals surface area contributed by atoms with Gasteiger partial charge in [0, 0.05) is 6.61 Å². The molecular weight excluding hydrogens is 114 g/mol. The second-order valence-corrected chi connectivity index (χ2v) is 2.23. The monoisotopic (exact) mass is 127 g/mol. The third kappa shape index (κ3) is 2.06. The van der Waals surface area contributed by atoms with E-state index in [1.54, 1.807) is 6.20 Å². The molecule has 2 nitrogen and oxygen atoms in total. The smallest absolute Gasteiger partial charge is 0.127 e. The highest BCUT2D eigenvalue weighted by atomic mass is 16.5. The molecule has 1 N–H and O–H groups in total. The highest BCUT2D eigenvalue weighted by Crippen LogP contribution is 2.09. The van der Waals surface area contributed by atoms with Gasteiger partial charge in [0.25, 0.3) is 0 Å². The summed E-state index contributed by atoms with van der Waals surface area (Å²) in [7, 11) is 0. The quantitative estimate of drug-likeness (QED) is 0.602. The van der Waals surface area contributed by atoms with Crippen LogP contribution >= 0.6 is 0 Å². The zero-order chi connectivity index (χ0) is 6.53. The van der Waals surface area contributed by atoms with Gasteiger partial charge in [-0.05, 0) is 25.5 Å². The second-order valence-electron chi connectivity index (χ2n) is 2.23. The van der Waals surface area contributed by atoms with Crippen molar-refractivity contribution < 1.29 is 4.74 Å². The molecule has 0 saturated carbocycles. The first-order valence-corrected chi connectivity index (χ1v) is 3.42. The normalized spacial score (nSPS) is 27.3. The highest BCUT2D eigenvalue weighted by Gasteiger charge is 2.09. The number of hydrogen-bond acceptors (Lipinski definition) is 2. The van der Waals surface area contributed by atoms with E-state index in [0.717, 1.165) is 13.0 Å². The van der Waals surface area contributed by atoms with Crippen LogP contribution in [0.5, 0.6) is 0 Å². The number of nitrogens with one attached hydrogen (secondary N) is 1. The van der Waals surface area contributed by atoms with Gasteiger partial charge in [0.05, 0.1) is 0 Å². The Morgan fingerprint density at radius 1 is 1.56 bits per heavy atom. The average Bonchev–Trinajstić information content (AvgIpc) is 1.91. The summed E-state index contributed by atoms with van der Waals surface area (Å²) in [5, 5.41) is 3.03. The Labute approximate surface area is 55.9 Å². The third-order valence-electron chi connectivity index (χ3n) is 1.48. The van der Waals surface area contributed by atoms with Gasteiger partial charge in [-0.2, -0.15) is 0 Å². The standard InChI is InChI=1S/C7H13NO/c1-2-8-7-5-3-4-6-9-7/h2,7-8H,1,3-6H2. The molecule has 2 heteroatoms. The van der Waals surface area contributed by atoms with Crippen LogP contribution in [0.2, 0.25) is 0 Å². The third-order valence-corrected chi connectivity index (χ3v) is 1.48. The van der Waals surface area contributed by atoms with Gasteiger partial charge in [0.1, 0.15) is 6.23 Å². The van der Waals surface area contributed by atoms with Gasteiger partial charge in [-0.15, -0.1) is 0 Å². The van der Waals surface area contributed by atoms with Crippen molar-refractivity contribution in [3.63, 3.8) is 0 Å². The van der Waals surface area contributed by atoms with Crippen LogP contribution in [0.4, 0.5) is 0 Å². The number of ether oxygens (including phenoxy) is 1. The minimum atomic E-state index is 0.233. The number of hydrogen-bond donors (Lipinski definition) is 1. The first-order valence-electron chi connectivity index (χ1n) is 3.42. The van der Waals surface area contributed by atoms with Gasteiger partial charge < -0.3 is 10.1 Å². The lowest BCUT2D eigenvalue weighted by Gasteiger charge is -2.22. The lowest BCUT2D eigenvalue weighted by molar-refractivity contribution is 0.00344. The van der Waals surface area contributed by atoms with E-state index in [1.165, 1.54) is 12.8 Å². The van der Waals surface area contributed by atoms with Crippen molar-refractivity contribution in [2.75, 3.05) is 6.61 Å². The molecule has 0 aliphatic carbocycles. The molecule has 9 heavy (non-hydrogen) atoms. The van der Waals surface area contributed by atoms with E-state index in [4.69, 9.17) is 4.74 Å². The van der Waals surface area contributed by atoms with Crippen LogP contribution in [-0.4, -0.2) is 12.8 Å². The van der Waals surface area contributed by atoms with E-state index in [9.17, 15) is 0 Å². The van der Waals surface area contributed by atoms with E-state index in [1.807, 2.05) is 0 Å². The van der Waals surface area contributed by atoms with Gasteiger partial charge in [-0.25, -0.2) is 0 Å². The van der Waals surface area contributed by atoms with Crippen LogP contribution in [-0.2, 0) is 4.74 Å². The molecule has 1 unspecified atom stereocenters. The molecule has 0 aromatic rings. The lowest BCUT2D eigenvalue weighted by Crippen LogP contribution is -2.30. The molecule has 52 valence electrons. The predicted molar refractivity (Wildman–Crippen MR) is 36.9 cm³/mol. The van der Waals surface area contributed by atoms with Crippen LogP contribution in [0.25, 0.3) is 0 Å². The van der Waals surface area contributed by atoms with Crippen molar-refractivity contribution in [2.24, 2.45) is 0 Å². The van der Waals surface area contributed by atoms with E-state index < -0.39 is 0 Å². The molecule has 1 heterocycles. The molecule has 0 radical (unpaired) electrons. The van der Waals surface area contributed by atoms with E-state index in [2.05, 4.69) is 11.9 Å². The fraction of sp³-hybridized carbons (Fsp3) is 0.714. The van der Waals surface area contributed by atoms with Gasteiger partial charge >= 0.3 is 0 Å². The second kappa shape index (κ2) is 3.51. The summed E-state index contributed by atoms with van der Waals surface area (Å²) in [6.45, 7) is 4.46. The summed E-state index contributed by atoms with van der Waals surface area (Å²) in [6, 6.07) is 0. The van der Waals surface area contributed by atoms with E-state index in [0.29, 0.717) is 0 Å². The average molecular weight is 127 g/mol. The summed E-state index contributed by atoms with van der Waals surface area (Å²) < 4.78 is 5.34. The fourth-order valence-electron chi connectivity index (χ4n) is 1.00. The molecular formula is C7H13NO. The molecule has 0 amide bonds. The van der Waals surface area contributed by atoms with Crippen molar-refractivity contribution in [3.8, 4) is 0 Å². The SMILES string of the molecule is C=CNC1CCCCO1. The Morgan fingerprint density at radius 3 is 3.00 bits per heavy atom. The molecule has 1 aliphatic rings. The van der Waals surface area contributed by atoms with Crippen LogP contribution in [0.15, 0.2) is 12.8 Å². The summed E-state index contributed by atoms with van der Waals surface area (Å²) in [6.07, 6.45) is 5.51. The summed E-state index contributed by atoms with van der Waals surface area (Å²) >= 11 is 0. The zero-order valence-electron chi connectivity index (χ0n) is 5.60.